The SMILES string of the molecule is Cn1cnc2c1ccc1c3ccccc3[n]([Al])c12. The van der Waals surface area contributed by atoms with Gasteiger partial charge in [0, 0.05) is 23.3 Å². The van der Waals surface area contributed by atoms with Gasteiger partial charge in [-0.05, 0) is 12.1 Å². The maximum Gasteiger partial charge on any atom is 0.318 e. The first-order valence-corrected chi connectivity index (χ1v) is 6.37. The molecule has 0 fully saturated rings. The number of hydrogen-bond donors (Lipinski definition) is 0. The Bertz CT molecular complexity index is 901. The fourth-order valence-corrected chi connectivity index (χ4v) is 3.17. The van der Waals surface area contributed by atoms with Crippen molar-refractivity contribution < 1.29 is 0 Å². The molecule has 0 spiro atoms. The van der Waals surface area contributed by atoms with E-state index in [1.54, 1.807) is 0 Å². The van der Waals surface area contributed by atoms with E-state index < -0.39 is 0 Å². The molecule has 2 heterocycles. The molecule has 4 aromatic rings. The second kappa shape index (κ2) is 3.38. The highest BCUT2D eigenvalue weighted by molar-refractivity contribution is 6.26. The van der Waals surface area contributed by atoms with Gasteiger partial charge in [0.15, 0.2) is 0 Å². The molecule has 0 atom stereocenters. The standard InChI is InChI=1S/C14H10N3.Al/c1-17-8-15-14-12(17)7-6-10-9-4-2-3-5-11(9)16-13(10)14;/h2-8H,1H3;/q-1;+1. The molecule has 2 aromatic carbocycles. The van der Waals surface area contributed by atoms with Crippen molar-refractivity contribution in [1.82, 2.24) is 13.1 Å². The zero-order valence-corrected chi connectivity index (χ0v) is 11.1. The molecule has 0 N–H and O–H groups in total. The maximum atomic E-state index is 4.53. The van der Waals surface area contributed by atoms with Crippen LogP contribution in [0.1, 0.15) is 0 Å². The van der Waals surface area contributed by atoms with Crippen LogP contribution in [0.25, 0.3) is 32.8 Å². The summed E-state index contributed by atoms with van der Waals surface area (Å²) in [5.74, 6) is 0. The van der Waals surface area contributed by atoms with Crippen molar-refractivity contribution in [2.75, 3.05) is 0 Å². The van der Waals surface area contributed by atoms with Gasteiger partial charge >= 0.3 is 16.5 Å². The van der Waals surface area contributed by atoms with Crippen LogP contribution in [0.5, 0.6) is 0 Å². The summed E-state index contributed by atoms with van der Waals surface area (Å²) in [4.78, 5) is 4.53. The second-order valence-electron chi connectivity index (χ2n) is 4.57. The fourth-order valence-electron chi connectivity index (χ4n) is 2.68. The molecule has 18 heavy (non-hydrogen) atoms. The van der Waals surface area contributed by atoms with Crippen molar-refractivity contribution in [2.24, 2.45) is 7.05 Å². The van der Waals surface area contributed by atoms with Crippen molar-refractivity contribution in [2.45, 2.75) is 0 Å². The van der Waals surface area contributed by atoms with Crippen LogP contribution in [0, 0.1) is 0 Å². The van der Waals surface area contributed by atoms with Gasteiger partial charge in [0.05, 0.1) is 17.4 Å². The Labute approximate surface area is 112 Å². The third-order valence-electron chi connectivity index (χ3n) is 3.56. The lowest BCUT2D eigenvalue weighted by Gasteiger charge is -2.01. The summed E-state index contributed by atoms with van der Waals surface area (Å²) >= 11 is 2.79. The fraction of sp³-hybridized carbons (Fsp3) is 0.0714. The van der Waals surface area contributed by atoms with E-state index >= 15 is 0 Å². The van der Waals surface area contributed by atoms with E-state index in [-0.39, 0.29) is 0 Å². The number of nitrogens with zero attached hydrogens (tertiary/aromatic N) is 3. The lowest BCUT2D eigenvalue weighted by Crippen LogP contribution is -1.91. The molecule has 4 heteroatoms. The van der Waals surface area contributed by atoms with E-state index in [4.69, 9.17) is 0 Å². The molecule has 4 rings (SSSR count). The number of benzene rings is 2. The molecule has 2 radical (unpaired) electrons. The lowest BCUT2D eigenvalue weighted by atomic mass is 10.1. The molecular weight excluding hydrogens is 237 g/mol. The van der Waals surface area contributed by atoms with Crippen LogP contribution in [0.2, 0.25) is 0 Å². The Morgan fingerprint density at radius 1 is 1.00 bits per heavy atom. The van der Waals surface area contributed by atoms with Gasteiger partial charge in [0.2, 0.25) is 0 Å². The highest BCUT2D eigenvalue weighted by atomic mass is 27.1. The zero-order chi connectivity index (χ0) is 12.3. The molecule has 2 aromatic heterocycles. The molecule has 0 aliphatic rings. The highest BCUT2D eigenvalue weighted by Crippen LogP contribution is 2.31. The first kappa shape index (κ1) is 10.2. The lowest BCUT2D eigenvalue weighted by molar-refractivity contribution is 0.948. The summed E-state index contributed by atoms with van der Waals surface area (Å²) in [6, 6.07) is 12.8. The minimum absolute atomic E-state index is 1.06. The third-order valence-corrected chi connectivity index (χ3v) is 4.10. The number of fused-ring (bicyclic) bond motifs is 5. The Balaban J connectivity index is 2.39. The van der Waals surface area contributed by atoms with E-state index in [1.807, 2.05) is 13.4 Å². The highest BCUT2D eigenvalue weighted by Gasteiger charge is 2.11. The molecule has 0 saturated carbocycles. The van der Waals surface area contributed by atoms with Crippen LogP contribution in [0.15, 0.2) is 42.7 Å². The number of aromatic nitrogens is 3. The van der Waals surface area contributed by atoms with Crippen molar-refractivity contribution in [3.8, 4) is 0 Å². The summed E-state index contributed by atoms with van der Waals surface area (Å²) in [5, 5.41) is 2.53. The largest absolute Gasteiger partial charge is 0.450 e. The minimum atomic E-state index is 1.06. The summed E-state index contributed by atoms with van der Waals surface area (Å²) in [6.07, 6.45) is 1.87. The number of hydrogen-bond acceptors (Lipinski definition) is 1. The molecule has 0 amide bonds. The monoisotopic (exact) mass is 247 g/mol. The van der Waals surface area contributed by atoms with Gasteiger partial charge in [0.25, 0.3) is 0 Å². The first-order valence-electron chi connectivity index (χ1n) is 5.85. The first-order chi connectivity index (χ1) is 8.77. The zero-order valence-electron chi connectivity index (χ0n) is 9.96. The van der Waals surface area contributed by atoms with Crippen LogP contribution >= 0.6 is 0 Å². The Kier molecular flexibility index (Phi) is 1.91. The second-order valence-corrected chi connectivity index (χ2v) is 5.09. The molecule has 0 bridgehead atoms. The Morgan fingerprint density at radius 3 is 2.72 bits per heavy atom. The van der Waals surface area contributed by atoms with Gasteiger partial charge in [-0.2, -0.15) is 0 Å². The number of rotatable bonds is 0. The summed E-state index contributed by atoms with van der Waals surface area (Å²) < 4.78 is 4.21. The summed E-state index contributed by atoms with van der Waals surface area (Å²) in [5.41, 5.74) is 4.62. The minimum Gasteiger partial charge on any atom is -0.450 e. The van der Waals surface area contributed by atoms with Crippen LogP contribution in [-0.4, -0.2) is 29.6 Å². The molecule has 0 aliphatic carbocycles. The molecule has 3 nitrogen and oxygen atoms in total. The van der Waals surface area contributed by atoms with E-state index in [0.29, 0.717) is 0 Å². The summed E-state index contributed by atoms with van der Waals surface area (Å²) in [7, 11) is 2.02. The van der Waals surface area contributed by atoms with Crippen molar-refractivity contribution in [1.29, 1.82) is 0 Å². The van der Waals surface area contributed by atoms with Crippen molar-refractivity contribution in [3.05, 3.63) is 42.7 Å². The predicted molar refractivity (Wildman–Crippen MR) is 74.9 cm³/mol. The van der Waals surface area contributed by atoms with Crippen LogP contribution < -0.4 is 0 Å². The van der Waals surface area contributed by atoms with Crippen LogP contribution in [0.3, 0.4) is 0 Å². The van der Waals surface area contributed by atoms with Crippen LogP contribution in [-0.2, 0) is 7.05 Å². The smallest absolute Gasteiger partial charge is 0.318 e. The normalized spacial score (nSPS) is 11.8. The number of imidazole rings is 1. The van der Waals surface area contributed by atoms with Crippen LogP contribution in [0.4, 0.5) is 0 Å². The van der Waals surface area contributed by atoms with Crippen molar-refractivity contribution in [3.63, 3.8) is 0 Å². The van der Waals surface area contributed by atoms with Gasteiger partial charge in [0.1, 0.15) is 5.52 Å². The molecular formula is C14H10AlN3. The van der Waals surface area contributed by atoms with E-state index in [2.05, 4.69) is 66.0 Å². The van der Waals surface area contributed by atoms with Gasteiger partial charge < -0.3 is 8.12 Å². The Morgan fingerprint density at radius 2 is 1.83 bits per heavy atom. The van der Waals surface area contributed by atoms with Gasteiger partial charge in [-0.1, -0.05) is 24.3 Å². The topological polar surface area (TPSA) is 22.8 Å². The van der Waals surface area contributed by atoms with Gasteiger partial charge in [-0.15, -0.1) is 0 Å². The molecule has 84 valence electrons. The van der Waals surface area contributed by atoms with E-state index in [0.717, 1.165) is 11.0 Å². The van der Waals surface area contributed by atoms with E-state index in [1.165, 1.54) is 21.8 Å². The quantitative estimate of drug-likeness (QED) is 0.438. The molecule has 0 saturated heterocycles. The maximum absolute atomic E-state index is 4.53. The third kappa shape index (κ3) is 1.12. The molecule has 0 aliphatic heterocycles. The average Bonchev–Trinajstić information content (AvgIpc) is 2.91. The summed E-state index contributed by atoms with van der Waals surface area (Å²) in [6.45, 7) is 0. The Hall–Kier alpha value is -1.76. The number of para-hydroxylation sites is 1. The van der Waals surface area contributed by atoms with Gasteiger partial charge in [-0.3, -0.25) is 0 Å². The predicted octanol–water partition coefficient (Wildman–Crippen LogP) is 2.61. The van der Waals surface area contributed by atoms with E-state index in [9.17, 15) is 0 Å². The van der Waals surface area contributed by atoms with Gasteiger partial charge in [-0.25, -0.2) is 4.98 Å². The number of aryl methyl sites for hydroxylation is 1. The average molecular weight is 247 g/mol. The van der Waals surface area contributed by atoms with Crippen molar-refractivity contribution >= 4 is 49.4 Å². The molecule has 0 unspecified atom stereocenters.